The fourth-order valence-corrected chi connectivity index (χ4v) is 2.01. The topological polar surface area (TPSA) is 71.5 Å². The van der Waals surface area contributed by atoms with Crippen LogP contribution in [0.3, 0.4) is 0 Å². The molecule has 1 unspecified atom stereocenters. The summed E-state index contributed by atoms with van der Waals surface area (Å²) >= 11 is 0. The van der Waals surface area contributed by atoms with Gasteiger partial charge in [-0.3, -0.25) is 4.79 Å². The first-order chi connectivity index (χ1) is 11.1. The van der Waals surface area contributed by atoms with E-state index in [-0.39, 0.29) is 18.8 Å². The molecule has 0 fully saturated rings. The van der Waals surface area contributed by atoms with Gasteiger partial charge in [-0.15, -0.1) is 0 Å². The number of pyridine rings is 1. The van der Waals surface area contributed by atoms with Crippen molar-refractivity contribution in [3.63, 3.8) is 0 Å². The van der Waals surface area contributed by atoms with Crippen LogP contribution in [0.2, 0.25) is 0 Å². The van der Waals surface area contributed by atoms with E-state index in [1.807, 2.05) is 31.2 Å². The molecule has 0 spiro atoms. The van der Waals surface area contributed by atoms with E-state index in [9.17, 15) is 9.90 Å². The summed E-state index contributed by atoms with van der Waals surface area (Å²) in [5.74, 6) is -0.00875. The Hall–Kier alpha value is -2.66. The third-order valence-corrected chi connectivity index (χ3v) is 3.26. The predicted molar refractivity (Wildman–Crippen MR) is 88.4 cm³/mol. The van der Waals surface area contributed by atoms with Gasteiger partial charge in [0.1, 0.15) is 6.61 Å². The first kappa shape index (κ1) is 16.7. The highest BCUT2D eigenvalue weighted by atomic mass is 16.5. The van der Waals surface area contributed by atoms with Gasteiger partial charge in [0.25, 0.3) is 5.91 Å². The van der Waals surface area contributed by atoms with Crippen molar-refractivity contribution in [2.75, 3.05) is 13.2 Å². The van der Waals surface area contributed by atoms with Gasteiger partial charge in [0.2, 0.25) is 0 Å². The first-order valence-electron chi connectivity index (χ1n) is 7.33. The summed E-state index contributed by atoms with van der Waals surface area (Å²) in [6, 6.07) is 10.9. The zero-order valence-corrected chi connectivity index (χ0v) is 13.0. The van der Waals surface area contributed by atoms with Crippen LogP contribution in [-0.2, 0) is 0 Å². The Labute approximate surface area is 135 Å². The number of rotatable bonds is 7. The second-order valence-corrected chi connectivity index (χ2v) is 5.09. The van der Waals surface area contributed by atoms with E-state index in [1.54, 1.807) is 18.2 Å². The van der Waals surface area contributed by atoms with Gasteiger partial charge in [-0.1, -0.05) is 42.5 Å². The maximum absolute atomic E-state index is 12.2. The lowest BCUT2D eigenvalue weighted by Gasteiger charge is -2.13. The molecule has 0 bridgehead atoms. The van der Waals surface area contributed by atoms with Crippen LogP contribution in [0.1, 0.15) is 27.7 Å². The number of carbonyl (C=O) groups is 1. The molecule has 0 saturated carbocycles. The van der Waals surface area contributed by atoms with Crippen LogP contribution in [0.5, 0.6) is 5.75 Å². The molecule has 5 nitrogen and oxygen atoms in total. The molecule has 0 aliphatic carbocycles. The number of hydrogen-bond donors (Lipinski definition) is 2. The minimum atomic E-state index is -0.777. The third kappa shape index (κ3) is 4.66. The Bertz CT molecular complexity index is 668. The van der Waals surface area contributed by atoms with Crippen LogP contribution in [0.25, 0.3) is 0 Å². The standard InChI is InChI=1S/C18H20N2O3/c1-3-11-23-16-5-4-10-19-17(16)18(22)20-12-15(21)14-8-6-13(2)7-9-14/h3-10,15,21H,1,11-12H2,2H3,(H,20,22). The van der Waals surface area contributed by atoms with Crippen LogP contribution < -0.4 is 10.1 Å². The number of aromatic nitrogens is 1. The van der Waals surface area contributed by atoms with Crippen molar-refractivity contribution in [2.45, 2.75) is 13.0 Å². The van der Waals surface area contributed by atoms with E-state index in [2.05, 4.69) is 16.9 Å². The molecule has 23 heavy (non-hydrogen) atoms. The van der Waals surface area contributed by atoms with Crippen LogP contribution in [0, 0.1) is 6.92 Å². The second-order valence-electron chi connectivity index (χ2n) is 5.09. The Morgan fingerprint density at radius 1 is 1.39 bits per heavy atom. The molecule has 5 heteroatoms. The molecule has 0 aliphatic rings. The van der Waals surface area contributed by atoms with E-state index in [4.69, 9.17) is 4.74 Å². The number of benzene rings is 1. The normalized spacial score (nSPS) is 11.6. The maximum atomic E-state index is 12.2. The quantitative estimate of drug-likeness (QED) is 0.770. The smallest absolute Gasteiger partial charge is 0.273 e. The fourth-order valence-electron chi connectivity index (χ4n) is 2.01. The van der Waals surface area contributed by atoms with Gasteiger partial charge in [0, 0.05) is 12.7 Å². The van der Waals surface area contributed by atoms with E-state index < -0.39 is 12.0 Å². The monoisotopic (exact) mass is 312 g/mol. The summed E-state index contributed by atoms with van der Waals surface area (Å²) in [5, 5.41) is 12.8. The number of nitrogens with zero attached hydrogens (tertiary/aromatic N) is 1. The molecular formula is C18H20N2O3. The number of aliphatic hydroxyl groups is 1. The van der Waals surface area contributed by atoms with Gasteiger partial charge in [-0.25, -0.2) is 4.98 Å². The second kappa shape index (κ2) is 8.10. The minimum Gasteiger partial charge on any atom is -0.487 e. The Morgan fingerprint density at radius 2 is 2.13 bits per heavy atom. The lowest BCUT2D eigenvalue weighted by Crippen LogP contribution is -2.29. The average Bonchev–Trinajstić information content (AvgIpc) is 2.58. The molecule has 0 aliphatic heterocycles. The Balaban J connectivity index is 1.99. The van der Waals surface area contributed by atoms with Gasteiger partial charge in [-0.2, -0.15) is 0 Å². The fraction of sp³-hybridized carbons (Fsp3) is 0.222. The molecule has 0 radical (unpaired) electrons. The van der Waals surface area contributed by atoms with Crippen molar-refractivity contribution in [3.8, 4) is 5.75 Å². The summed E-state index contributed by atoms with van der Waals surface area (Å²) in [6.45, 7) is 5.93. The average molecular weight is 312 g/mol. The van der Waals surface area contributed by atoms with E-state index in [0.29, 0.717) is 5.75 Å². The highest BCUT2D eigenvalue weighted by Crippen LogP contribution is 2.16. The molecular weight excluding hydrogens is 292 g/mol. The summed E-state index contributed by atoms with van der Waals surface area (Å²) < 4.78 is 5.41. The highest BCUT2D eigenvalue weighted by Gasteiger charge is 2.15. The van der Waals surface area contributed by atoms with Crippen LogP contribution in [-0.4, -0.2) is 29.1 Å². The number of nitrogens with one attached hydrogen (secondary N) is 1. The number of ether oxygens (including phenoxy) is 1. The SMILES string of the molecule is C=CCOc1cccnc1C(=O)NCC(O)c1ccc(C)cc1. The Morgan fingerprint density at radius 3 is 2.83 bits per heavy atom. The molecule has 2 rings (SSSR count). The maximum Gasteiger partial charge on any atom is 0.273 e. The van der Waals surface area contributed by atoms with E-state index >= 15 is 0 Å². The van der Waals surface area contributed by atoms with E-state index in [1.165, 1.54) is 6.20 Å². The number of aryl methyl sites for hydroxylation is 1. The number of carbonyl (C=O) groups excluding carboxylic acids is 1. The molecule has 0 saturated heterocycles. The lowest BCUT2D eigenvalue weighted by atomic mass is 10.1. The zero-order valence-electron chi connectivity index (χ0n) is 13.0. The van der Waals surface area contributed by atoms with Crippen molar-refractivity contribution in [3.05, 3.63) is 72.1 Å². The lowest BCUT2D eigenvalue weighted by molar-refractivity contribution is 0.0907. The van der Waals surface area contributed by atoms with Crippen molar-refractivity contribution >= 4 is 5.91 Å². The van der Waals surface area contributed by atoms with Crippen molar-refractivity contribution < 1.29 is 14.6 Å². The minimum absolute atomic E-state index is 0.0966. The van der Waals surface area contributed by atoms with Gasteiger partial charge in [0.15, 0.2) is 11.4 Å². The first-order valence-corrected chi connectivity index (χ1v) is 7.33. The molecule has 1 atom stereocenters. The van der Waals surface area contributed by atoms with Crippen molar-refractivity contribution in [1.29, 1.82) is 0 Å². The summed E-state index contributed by atoms with van der Waals surface area (Å²) in [5.41, 5.74) is 2.05. The zero-order chi connectivity index (χ0) is 16.7. The predicted octanol–water partition coefficient (Wildman–Crippen LogP) is 2.42. The summed E-state index contributed by atoms with van der Waals surface area (Å²) in [6.07, 6.45) is 2.34. The van der Waals surface area contributed by atoms with Gasteiger partial charge in [-0.05, 0) is 24.6 Å². The van der Waals surface area contributed by atoms with Crippen LogP contribution in [0.4, 0.5) is 0 Å². The van der Waals surface area contributed by atoms with Crippen molar-refractivity contribution in [1.82, 2.24) is 10.3 Å². The molecule has 1 amide bonds. The number of amides is 1. The highest BCUT2D eigenvalue weighted by molar-refractivity contribution is 5.94. The molecule has 120 valence electrons. The van der Waals surface area contributed by atoms with Gasteiger partial charge in [0.05, 0.1) is 6.10 Å². The molecule has 2 aromatic rings. The summed E-state index contributed by atoms with van der Waals surface area (Å²) in [7, 11) is 0. The largest absolute Gasteiger partial charge is 0.487 e. The number of aliphatic hydroxyl groups excluding tert-OH is 1. The van der Waals surface area contributed by atoms with Gasteiger partial charge >= 0.3 is 0 Å². The van der Waals surface area contributed by atoms with Crippen LogP contribution >= 0.6 is 0 Å². The molecule has 2 N–H and O–H groups in total. The van der Waals surface area contributed by atoms with Gasteiger partial charge < -0.3 is 15.2 Å². The third-order valence-electron chi connectivity index (χ3n) is 3.26. The van der Waals surface area contributed by atoms with Crippen LogP contribution in [0.15, 0.2) is 55.3 Å². The molecule has 1 aromatic carbocycles. The summed E-state index contributed by atoms with van der Waals surface area (Å²) in [4.78, 5) is 16.3. The van der Waals surface area contributed by atoms with Crippen molar-refractivity contribution in [2.24, 2.45) is 0 Å². The van der Waals surface area contributed by atoms with E-state index in [0.717, 1.165) is 11.1 Å². The molecule has 1 heterocycles. The molecule has 1 aromatic heterocycles. The Kier molecular flexibility index (Phi) is 5.88. The number of hydrogen-bond acceptors (Lipinski definition) is 4.